The van der Waals surface area contributed by atoms with E-state index in [4.69, 9.17) is 12.2 Å². The van der Waals surface area contributed by atoms with Crippen molar-refractivity contribution in [2.24, 2.45) is 0 Å². The Morgan fingerprint density at radius 1 is 1.03 bits per heavy atom. The monoisotopic (exact) mass is 561 g/mol. The zero-order valence-electron chi connectivity index (χ0n) is 21.5. The molecule has 4 aromatic rings. The van der Waals surface area contributed by atoms with Gasteiger partial charge in [0.25, 0.3) is 0 Å². The van der Waals surface area contributed by atoms with Crippen molar-refractivity contribution in [2.45, 2.75) is 25.9 Å². The number of carbonyl (C=O) groups is 1. The fraction of sp³-hybridized carbons (Fsp3) is 0.179. The fourth-order valence-electron chi connectivity index (χ4n) is 5.12. The number of sulfonamides is 1. The van der Waals surface area contributed by atoms with Gasteiger partial charge in [0.15, 0.2) is 5.11 Å². The van der Waals surface area contributed by atoms with Crippen molar-refractivity contribution in [3.05, 3.63) is 107 Å². The summed E-state index contributed by atoms with van der Waals surface area (Å²) < 4.78 is 27.9. The lowest BCUT2D eigenvalue weighted by molar-refractivity contribution is 0.0697. The smallest absolute Gasteiger partial charge is 0.335 e. The van der Waals surface area contributed by atoms with Crippen LogP contribution in [0.3, 0.4) is 0 Å². The van der Waals surface area contributed by atoms with E-state index in [1.165, 1.54) is 0 Å². The van der Waals surface area contributed by atoms with Crippen LogP contribution < -0.4 is 14.9 Å². The Bertz CT molecular complexity index is 1670. The Hall–Kier alpha value is -4.22. The zero-order chi connectivity index (χ0) is 27.9. The number of hydrogen-bond acceptors (Lipinski definition) is 5. The molecule has 11 heteroatoms. The highest BCUT2D eigenvalue weighted by atomic mass is 32.2. The first kappa shape index (κ1) is 26.4. The number of nitrogens with zero attached hydrogens (tertiary/aromatic N) is 3. The molecule has 1 saturated heterocycles. The van der Waals surface area contributed by atoms with Crippen molar-refractivity contribution in [1.29, 1.82) is 0 Å². The molecule has 0 spiro atoms. The normalized spacial score (nSPS) is 17.2. The van der Waals surface area contributed by atoms with E-state index < -0.39 is 16.0 Å². The minimum Gasteiger partial charge on any atom is -0.478 e. The second-order valence-corrected chi connectivity index (χ2v) is 11.6. The molecule has 1 aliphatic rings. The van der Waals surface area contributed by atoms with Crippen LogP contribution >= 0.6 is 12.2 Å². The van der Waals surface area contributed by atoms with Crippen LogP contribution in [0.1, 0.15) is 45.1 Å². The lowest BCUT2D eigenvalue weighted by atomic mass is 9.96. The number of aromatic nitrogens is 2. The Balaban J connectivity index is 1.63. The van der Waals surface area contributed by atoms with Crippen molar-refractivity contribution in [1.82, 2.24) is 14.9 Å². The van der Waals surface area contributed by atoms with E-state index in [1.807, 2.05) is 59.7 Å². The van der Waals surface area contributed by atoms with Crippen LogP contribution in [0, 0.1) is 13.8 Å². The van der Waals surface area contributed by atoms with E-state index >= 15 is 0 Å². The first-order valence-corrected chi connectivity index (χ1v) is 14.4. The highest BCUT2D eigenvalue weighted by Gasteiger charge is 2.42. The summed E-state index contributed by atoms with van der Waals surface area (Å²) in [6.45, 7) is 3.99. The number of benzene rings is 2. The van der Waals surface area contributed by atoms with Crippen molar-refractivity contribution in [3.63, 3.8) is 0 Å². The maximum atomic E-state index is 11.7. The molecule has 2 atom stereocenters. The molecule has 0 unspecified atom stereocenters. The summed E-state index contributed by atoms with van der Waals surface area (Å²) in [4.78, 5) is 18.2. The summed E-state index contributed by atoms with van der Waals surface area (Å²) in [5.74, 6) is -0.986. The van der Waals surface area contributed by atoms with Crippen molar-refractivity contribution in [3.8, 4) is 5.69 Å². The minimum atomic E-state index is -3.41. The number of carboxylic acid groups (broad SMARTS) is 1. The summed E-state index contributed by atoms with van der Waals surface area (Å²) in [7, 11) is -3.41. The van der Waals surface area contributed by atoms with Crippen LogP contribution in [-0.2, 0) is 10.0 Å². The number of aryl methyl sites for hydroxylation is 1. The average molecular weight is 562 g/mol. The van der Waals surface area contributed by atoms with Crippen LogP contribution in [0.4, 0.5) is 11.4 Å². The van der Waals surface area contributed by atoms with Gasteiger partial charge in [-0.25, -0.2) is 13.2 Å². The summed E-state index contributed by atoms with van der Waals surface area (Å²) in [5.41, 5.74) is 5.89. The predicted octanol–water partition coefficient (Wildman–Crippen LogP) is 4.74. The molecule has 2 aromatic carbocycles. The zero-order valence-corrected chi connectivity index (χ0v) is 23.1. The molecular formula is C28H27N5O4S2. The fourth-order valence-corrected chi connectivity index (χ4v) is 6.03. The molecule has 5 rings (SSSR count). The van der Waals surface area contributed by atoms with E-state index in [1.54, 1.807) is 36.5 Å². The predicted molar refractivity (Wildman–Crippen MR) is 155 cm³/mol. The highest BCUT2D eigenvalue weighted by Crippen LogP contribution is 2.44. The second-order valence-electron chi connectivity index (χ2n) is 9.44. The third kappa shape index (κ3) is 5.23. The molecule has 0 bridgehead atoms. The van der Waals surface area contributed by atoms with E-state index in [9.17, 15) is 18.3 Å². The minimum absolute atomic E-state index is 0.209. The summed E-state index contributed by atoms with van der Waals surface area (Å²) >= 11 is 5.82. The van der Waals surface area contributed by atoms with Gasteiger partial charge in [-0.15, -0.1) is 0 Å². The van der Waals surface area contributed by atoms with Gasteiger partial charge in [-0.2, -0.15) is 0 Å². The third-order valence-corrected chi connectivity index (χ3v) is 7.61. The topological polar surface area (TPSA) is 117 Å². The van der Waals surface area contributed by atoms with Gasteiger partial charge in [-0.05, 0) is 92.3 Å². The molecule has 0 radical (unpaired) electrons. The van der Waals surface area contributed by atoms with Crippen LogP contribution in [0.2, 0.25) is 0 Å². The van der Waals surface area contributed by atoms with E-state index in [-0.39, 0.29) is 17.6 Å². The molecule has 9 nitrogen and oxygen atoms in total. The molecular weight excluding hydrogens is 534 g/mol. The molecule has 0 saturated carbocycles. The number of nitrogens with one attached hydrogen (secondary N) is 2. The van der Waals surface area contributed by atoms with E-state index in [0.29, 0.717) is 10.8 Å². The number of carboxylic acids is 1. The molecule has 3 heterocycles. The third-order valence-electron chi connectivity index (χ3n) is 6.69. The average Bonchev–Trinajstić information content (AvgIpc) is 3.39. The molecule has 1 fully saturated rings. The molecule has 200 valence electrons. The molecule has 0 amide bonds. The number of anilines is 2. The Morgan fingerprint density at radius 2 is 1.77 bits per heavy atom. The van der Waals surface area contributed by atoms with Gasteiger partial charge < -0.3 is 19.9 Å². The Labute approximate surface area is 232 Å². The SMILES string of the molecule is Cc1cc([C@@H]2[C@H](c3ccccn3)NC(=S)N2c2ccc(NS(C)(=O)=O)cc2)c(C)n1-c1cccc(C(=O)O)c1. The van der Waals surface area contributed by atoms with Crippen LogP contribution in [-0.4, -0.2) is 40.4 Å². The maximum absolute atomic E-state index is 11.7. The highest BCUT2D eigenvalue weighted by molar-refractivity contribution is 7.92. The summed E-state index contributed by atoms with van der Waals surface area (Å²) in [5, 5.41) is 13.5. The van der Waals surface area contributed by atoms with Gasteiger partial charge in [0.05, 0.1) is 29.6 Å². The summed E-state index contributed by atoms with van der Waals surface area (Å²) in [6.07, 6.45) is 2.85. The van der Waals surface area contributed by atoms with Crippen molar-refractivity contribution in [2.75, 3.05) is 15.9 Å². The largest absolute Gasteiger partial charge is 0.478 e. The van der Waals surface area contributed by atoms with Gasteiger partial charge in [0.2, 0.25) is 10.0 Å². The lowest BCUT2D eigenvalue weighted by Crippen LogP contribution is -2.29. The standard InChI is InChI=1S/C28H27N5O4S2/c1-17-15-23(18(2)32(17)22-8-6-7-19(16-22)27(34)35)26-25(24-9-4-5-14-29-24)30-28(38)33(26)21-12-10-20(11-13-21)31-39(3,36)37/h4-16,25-26,31H,1-3H3,(H,30,38)(H,34,35)/t25-,26+/m0/s1. The number of thiocarbonyl (C=S) groups is 1. The van der Waals surface area contributed by atoms with Gasteiger partial charge >= 0.3 is 5.97 Å². The van der Waals surface area contributed by atoms with Crippen molar-refractivity contribution >= 4 is 44.7 Å². The van der Waals surface area contributed by atoms with Crippen molar-refractivity contribution < 1.29 is 18.3 Å². The number of aromatic carboxylic acids is 1. The molecule has 2 aromatic heterocycles. The first-order chi connectivity index (χ1) is 18.5. The lowest BCUT2D eigenvalue weighted by Gasteiger charge is -2.28. The number of rotatable bonds is 7. The second kappa shape index (κ2) is 10.2. The maximum Gasteiger partial charge on any atom is 0.335 e. The summed E-state index contributed by atoms with van der Waals surface area (Å²) in [6, 6.07) is 21.2. The van der Waals surface area contributed by atoms with Crippen LogP contribution in [0.5, 0.6) is 0 Å². The van der Waals surface area contributed by atoms with Gasteiger partial charge in [0, 0.05) is 34.6 Å². The first-order valence-electron chi connectivity index (χ1n) is 12.1. The Kier molecular flexibility index (Phi) is 6.87. The van der Waals surface area contributed by atoms with Gasteiger partial charge in [-0.3, -0.25) is 9.71 Å². The van der Waals surface area contributed by atoms with E-state index in [0.717, 1.165) is 40.3 Å². The molecule has 3 N–H and O–H groups in total. The van der Waals surface area contributed by atoms with Gasteiger partial charge in [-0.1, -0.05) is 12.1 Å². The quantitative estimate of drug-likeness (QED) is 0.277. The van der Waals surface area contributed by atoms with E-state index in [2.05, 4.69) is 21.1 Å². The molecule has 0 aliphatic carbocycles. The molecule has 1 aliphatic heterocycles. The van der Waals surface area contributed by atoms with Gasteiger partial charge in [0.1, 0.15) is 0 Å². The number of hydrogen-bond donors (Lipinski definition) is 3. The number of pyridine rings is 1. The van der Waals surface area contributed by atoms with Crippen LogP contribution in [0.25, 0.3) is 5.69 Å². The molecule has 39 heavy (non-hydrogen) atoms. The Morgan fingerprint density at radius 3 is 2.41 bits per heavy atom. The van der Waals surface area contributed by atoms with Crippen LogP contribution in [0.15, 0.2) is 79.0 Å².